The van der Waals surface area contributed by atoms with E-state index in [1.807, 2.05) is 32.0 Å². The van der Waals surface area contributed by atoms with Gasteiger partial charge in [0.25, 0.3) is 0 Å². The van der Waals surface area contributed by atoms with Crippen LogP contribution < -0.4 is 10.1 Å². The van der Waals surface area contributed by atoms with Crippen LogP contribution >= 0.6 is 0 Å². The van der Waals surface area contributed by atoms with Gasteiger partial charge < -0.3 is 14.8 Å². The standard InChI is InChI=1S/C23H32N4O3/c1-5-27(10-12-29-4)11-13-30-21-9-8-19(26-23(28)18-6-7-18)14-20(21)22-16(2)24-15-25-17(22)3/h8-9,14-15,18H,5-7,10-13H2,1-4H3,(H,26,28). The molecule has 0 bridgehead atoms. The lowest BCUT2D eigenvalue weighted by molar-refractivity contribution is -0.117. The number of hydrogen-bond donors (Lipinski definition) is 1. The molecule has 0 aliphatic heterocycles. The summed E-state index contributed by atoms with van der Waals surface area (Å²) in [7, 11) is 1.72. The summed E-state index contributed by atoms with van der Waals surface area (Å²) >= 11 is 0. The quantitative estimate of drug-likeness (QED) is 0.609. The molecule has 7 nitrogen and oxygen atoms in total. The van der Waals surface area contributed by atoms with Gasteiger partial charge in [-0.2, -0.15) is 0 Å². The predicted molar refractivity (Wildman–Crippen MR) is 118 cm³/mol. The van der Waals surface area contributed by atoms with Crippen LogP contribution in [0.1, 0.15) is 31.2 Å². The number of nitrogens with zero attached hydrogens (tertiary/aromatic N) is 3. The Kier molecular flexibility index (Phi) is 7.76. The van der Waals surface area contributed by atoms with Crippen molar-refractivity contribution in [1.29, 1.82) is 0 Å². The molecule has 162 valence electrons. The minimum Gasteiger partial charge on any atom is -0.492 e. The fourth-order valence-electron chi connectivity index (χ4n) is 3.43. The third-order valence-corrected chi connectivity index (χ3v) is 5.41. The first kappa shape index (κ1) is 22.2. The lowest BCUT2D eigenvalue weighted by Crippen LogP contribution is -2.31. The summed E-state index contributed by atoms with van der Waals surface area (Å²) in [6, 6.07) is 5.79. The zero-order chi connectivity index (χ0) is 21.5. The molecule has 0 spiro atoms. The minimum absolute atomic E-state index is 0.0871. The topological polar surface area (TPSA) is 76.6 Å². The first-order chi connectivity index (χ1) is 14.5. The van der Waals surface area contributed by atoms with E-state index in [1.165, 1.54) is 0 Å². The number of methoxy groups -OCH3 is 1. The molecule has 7 heteroatoms. The highest BCUT2D eigenvalue weighted by atomic mass is 16.5. The largest absolute Gasteiger partial charge is 0.492 e. The molecule has 1 aliphatic rings. The Hall–Kier alpha value is -2.51. The lowest BCUT2D eigenvalue weighted by atomic mass is 10.0. The Balaban J connectivity index is 1.81. The second-order valence-electron chi connectivity index (χ2n) is 7.67. The smallest absolute Gasteiger partial charge is 0.227 e. The summed E-state index contributed by atoms with van der Waals surface area (Å²) in [4.78, 5) is 23.2. The molecule has 1 aromatic carbocycles. The van der Waals surface area contributed by atoms with E-state index in [1.54, 1.807) is 13.4 Å². The molecule has 0 atom stereocenters. The fourth-order valence-corrected chi connectivity index (χ4v) is 3.43. The molecule has 2 aromatic rings. The van der Waals surface area contributed by atoms with Crippen LogP contribution in [0.15, 0.2) is 24.5 Å². The van der Waals surface area contributed by atoms with Crippen molar-refractivity contribution in [2.24, 2.45) is 5.92 Å². The van der Waals surface area contributed by atoms with Crippen molar-refractivity contribution >= 4 is 11.6 Å². The minimum atomic E-state index is 0.0871. The van der Waals surface area contributed by atoms with Crippen molar-refractivity contribution in [1.82, 2.24) is 14.9 Å². The van der Waals surface area contributed by atoms with Gasteiger partial charge >= 0.3 is 0 Å². The van der Waals surface area contributed by atoms with Gasteiger partial charge in [-0.1, -0.05) is 6.92 Å². The van der Waals surface area contributed by atoms with E-state index in [0.717, 1.165) is 66.4 Å². The average Bonchev–Trinajstić information content (AvgIpc) is 3.57. The molecule has 1 saturated carbocycles. The number of hydrogen-bond acceptors (Lipinski definition) is 6. The van der Waals surface area contributed by atoms with Crippen molar-refractivity contribution < 1.29 is 14.3 Å². The zero-order valence-electron chi connectivity index (χ0n) is 18.4. The molecule has 1 aromatic heterocycles. The average molecular weight is 413 g/mol. The molecular formula is C23H32N4O3. The molecule has 1 fully saturated rings. The van der Waals surface area contributed by atoms with Crippen LogP contribution in [0.2, 0.25) is 0 Å². The molecule has 3 rings (SSSR count). The van der Waals surface area contributed by atoms with E-state index < -0.39 is 0 Å². The maximum absolute atomic E-state index is 12.2. The first-order valence-electron chi connectivity index (χ1n) is 10.6. The Morgan fingerprint density at radius 2 is 1.87 bits per heavy atom. The van der Waals surface area contributed by atoms with Crippen LogP contribution in [-0.2, 0) is 9.53 Å². The lowest BCUT2D eigenvalue weighted by Gasteiger charge is -2.21. The number of benzene rings is 1. The van der Waals surface area contributed by atoms with Crippen molar-refractivity contribution in [2.45, 2.75) is 33.6 Å². The molecule has 0 unspecified atom stereocenters. The normalized spacial score (nSPS) is 13.5. The second-order valence-corrected chi connectivity index (χ2v) is 7.67. The van der Waals surface area contributed by atoms with E-state index in [4.69, 9.17) is 9.47 Å². The number of nitrogens with one attached hydrogen (secondary N) is 1. The van der Waals surface area contributed by atoms with Crippen LogP contribution in [-0.4, -0.2) is 60.7 Å². The number of likely N-dealkylation sites (N-methyl/N-ethyl adjacent to an activating group) is 1. The third kappa shape index (κ3) is 5.77. The highest BCUT2D eigenvalue weighted by Crippen LogP contribution is 2.36. The maximum Gasteiger partial charge on any atom is 0.227 e. The Morgan fingerprint density at radius 1 is 1.17 bits per heavy atom. The Bertz CT molecular complexity index is 847. The Morgan fingerprint density at radius 3 is 2.50 bits per heavy atom. The maximum atomic E-state index is 12.2. The van der Waals surface area contributed by atoms with Crippen LogP contribution in [0.25, 0.3) is 11.1 Å². The van der Waals surface area contributed by atoms with Crippen LogP contribution in [0.5, 0.6) is 5.75 Å². The van der Waals surface area contributed by atoms with E-state index >= 15 is 0 Å². The Labute approximate surface area is 178 Å². The highest BCUT2D eigenvalue weighted by molar-refractivity contribution is 5.95. The number of ether oxygens (including phenoxy) is 2. The fraction of sp³-hybridized carbons (Fsp3) is 0.522. The molecular weight excluding hydrogens is 380 g/mol. The number of anilines is 1. The molecule has 1 amide bonds. The summed E-state index contributed by atoms with van der Waals surface area (Å²) in [5.41, 5.74) is 4.38. The number of carbonyl (C=O) groups is 1. The molecule has 0 saturated heterocycles. The van der Waals surface area contributed by atoms with E-state index in [9.17, 15) is 4.79 Å². The van der Waals surface area contributed by atoms with Gasteiger partial charge in [0.05, 0.1) is 6.61 Å². The summed E-state index contributed by atoms with van der Waals surface area (Å²) in [5, 5.41) is 3.03. The van der Waals surface area contributed by atoms with Gasteiger partial charge in [0.15, 0.2) is 0 Å². The van der Waals surface area contributed by atoms with Crippen LogP contribution in [0.4, 0.5) is 5.69 Å². The highest BCUT2D eigenvalue weighted by Gasteiger charge is 2.29. The van der Waals surface area contributed by atoms with Gasteiger partial charge in [-0.05, 0) is 51.4 Å². The summed E-state index contributed by atoms with van der Waals surface area (Å²) < 4.78 is 11.4. The van der Waals surface area contributed by atoms with Gasteiger partial charge in [-0.3, -0.25) is 9.69 Å². The third-order valence-electron chi connectivity index (χ3n) is 5.41. The number of rotatable bonds is 11. The predicted octanol–water partition coefficient (Wildman–Crippen LogP) is 3.46. The van der Waals surface area contributed by atoms with Crippen molar-refractivity contribution in [3.05, 3.63) is 35.9 Å². The van der Waals surface area contributed by atoms with Gasteiger partial charge in [-0.25, -0.2) is 9.97 Å². The molecule has 0 radical (unpaired) electrons. The second kappa shape index (κ2) is 10.5. The van der Waals surface area contributed by atoms with Gasteiger partial charge in [0, 0.05) is 54.3 Å². The van der Waals surface area contributed by atoms with Crippen LogP contribution in [0, 0.1) is 19.8 Å². The molecule has 1 N–H and O–H groups in total. The van der Waals surface area contributed by atoms with Crippen molar-refractivity contribution in [2.75, 3.05) is 45.3 Å². The summed E-state index contributed by atoms with van der Waals surface area (Å²) in [6.45, 7) is 9.95. The van der Waals surface area contributed by atoms with Crippen molar-refractivity contribution in [3.8, 4) is 16.9 Å². The van der Waals surface area contributed by atoms with E-state index in [-0.39, 0.29) is 11.8 Å². The van der Waals surface area contributed by atoms with Gasteiger partial charge in [0.2, 0.25) is 5.91 Å². The number of amides is 1. The molecule has 1 aliphatic carbocycles. The van der Waals surface area contributed by atoms with Gasteiger partial charge in [0.1, 0.15) is 18.7 Å². The molecule has 1 heterocycles. The number of aromatic nitrogens is 2. The number of carbonyl (C=O) groups excluding carboxylic acids is 1. The monoisotopic (exact) mass is 412 g/mol. The van der Waals surface area contributed by atoms with E-state index in [0.29, 0.717) is 13.2 Å². The van der Waals surface area contributed by atoms with Crippen LogP contribution in [0.3, 0.4) is 0 Å². The summed E-state index contributed by atoms with van der Waals surface area (Å²) in [5.74, 6) is 1.01. The summed E-state index contributed by atoms with van der Waals surface area (Å²) in [6.07, 6.45) is 3.52. The SMILES string of the molecule is CCN(CCOC)CCOc1ccc(NC(=O)C2CC2)cc1-c1c(C)ncnc1C. The zero-order valence-corrected chi connectivity index (χ0v) is 18.4. The van der Waals surface area contributed by atoms with E-state index in [2.05, 4.69) is 27.1 Å². The van der Waals surface area contributed by atoms with Gasteiger partial charge in [-0.15, -0.1) is 0 Å². The number of aryl methyl sites for hydroxylation is 2. The first-order valence-corrected chi connectivity index (χ1v) is 10.6. The molecule has 30 heavy (non-hydrogen) atoms. The van der Waals surface area contributed by atoms with Crippen molar-refractivity contribution in [3.63, 3.8) is 0 Å².